The van der Waals surface area contributed by atoms with Gasteiger partial charge in [0.2, 0.25) is 5.91 Å². The Labute approximate surface area is 121 Å². The van der Waals surface area contributed by atoms with Crippen molar-refractivity contribution in [1.29, 1.82) is 0 Å². The fraction of sp³-hybridized carbons (Fsp3) is 0.286. The molecule has 0 aliphatic heterocycles. The molecule has 0 aliphatic carbocycles. The number of ether oxygens (including phenoxy) is 1. The van der Waals surface area contributed by atoms with Gasteiger partial charge >= 0.3 is 0 Å². The van der Waals surface area contributed by atoms with E-state index in [-0.39, 0.29) is 31.4 Å². The second-order valence-electron chi connectivity index (χ2n) is 4.24. The van der Waals surface area contributed by atoms with E-state index in [4.69, 9.17) is 13.6 Å². The summed E-state index contributed by atoms with van der Waals surface area (Å²) >= 11 is 0. The Balaban J connectivity index is 1.73. The summed E-state index contributed by atoms with van der Waals surface area (Å²) in [7, 11) is 1.53. The lowest BCUT2D eigenvalue weighted by atomic mass is 10.4. The fourth-order valence-electron chi connectivity index (χ4n) is 1.63. The van der Waals surface area contributed by atoms with Crippen molar-refractivity contribution in [2.24, 2.45) is 0 Å². The first-order chi connectivity index (χ1) is 10.2. The average Bonchev–Trinajstić information content (AvgIpc) is 3.14. The largest absolute Gasteiger partial charge is 0.467 e. The zero-order valence-corrected chi connectivity index (χ0v) is 11.5. The van der Waals surface area contributed by atoms with Crippen molar-refractivity contribution >= 4 is 11.8 Å². The first-order valence-corrected chi connectivity index (χ1v) is 6.34. The van der Waals surface area contributed by atoms with Gasteiger partial charge in [-0.05, 0) is 24.3 Å². The van der Waals surface area contributed by atoms with E-state index in [1.54, 1.807) is 18.2 Å². The third-order valence-electron chi connectivity index (χ3n) is 2.62. The van der Waals surface area contributed by atoms with Crippen LogP contribution in [-0.4, -0.2) is 25.5 Å². The van der Waals surface area contributed by atoms with E-state index in [1.165, 1.54) is 19.4 Å². The van der Waals surface area contributed by atoms with Crippen LogP contribution in [0.1, 0.15) is 22.1 Å². The Morgan fingerprint density at radius 1 is 1.19 bits per heavy atom. The first kappa shape index (κ1) is 14.9. The number of nitrogens with one attached hydrogen (secondary N) is 2. The molecule has 0 unspecified atom stereocenters. The van der Waals surface area contributed by atoms with Crippen molar-refractivity contribution in [3.05, 3.63) is 47.8 Å². The molecule has 112 valence electrons. The molecule has 2 amide bonds. The van der Waals surface area contributed by atoms with Gasteiger partial charge in [0.05, 0.1) is 19.4 Å². The van der Waals surface area contributed by atoms with Gasteiger partial charge in [0, 0.05) is 7.11 Å². The van der Waals surface area contributed by atoms with Crippen LogP contribution in [0.25, 0.3) is 0 Å². The summed E-state index contributed by atoms with van der Waals surface area (Å²) in [6.07, 6.45) is 1.53. The van der Waals surface area contributed by atoms with E-state index in [1.807, 2.05) is 0 Å². The topological polar surface area (TPSA) is 93.7 Å². The second kappa shape index (κ2) is 7.30. The molecule has 0 fully saturated rings. The minimum Gasteiger partial charge on any atom is -0.467 e. The summed E-state index contributed by atoms with van der Waals surface area (Å²) in [5.74, 6) is 0.560. The van der Waals surface area contributed by atoms with Gasteiger partial charge in [0.1, 0.15) is 18.1 Å². The lowest BCUT2D eigenvalue weighted by Gasteiger charge is -2.04. The highest BCUT2D eigenvalue weighted by Gasteiger charge is 2.12. The highest BCUT2D eigenvalue weighted by atomic mass is 16.5. The summed E-state index contributed by atoms with van der Waals surface area (Å²) in [4.78, 5) is 23.3. The van der Waals surface area contributed by atoms with Gasteiger partial charge in [-0.1, -0.05) is 0 Å². The third-order valence-corrected chi connectivity index (χ3v) is 2.62. The molecule has 0 saturated heterocycles. The number of rotatable bonds is 7. The lowest BCUT2D eigenvalue weighted by molar-refractivity contribution is -0.120. The van der Waals surface area contributed by atoms with Gasteiger partial charge < -0.3 is 24.2 Å². The van der Waals surface area contributed by atoms with Crippen molar-refractivity contribution in [1.82, 2.24) is 10.6 Å². The number of hydrogen-bond donors (Lipinski definition) is 2. The first-order valence-electron chi connectivity index (χ1n) is 6.34. The summed E-state index contributed by atoms with van der Waals surface area (Å²) in [6, 6.07) is 6.66. The zero-order chi connectivity index (χ0) is 15.1. The maximum absolute atomic E-state index is 11.8. The average molecular weight is 292 g/mol. The minimum atomic E-state index is -0.453. The molecule has 0 bridgehead atoms. The molecule has 0 saturated carbocycles. The highest BCUT2D eigenvalue weighted by Crippen LogP contribution is 2.08. The number of carbonyl (C=O) groups is 2. The van der Waals surface area contributed by atoms with Crippen LogP contribution in [0.15, 0.2) is 39.4 Å². The standard InChI is InChI=1S/C14H16N2O5/c1-19-9-11-4-5-12(21-11)14(18)16-8-13(17)15-7-10-3-2-6-20-10/h2-6H,7-9H2,1H3,(H,15,17)(H,16,18). The van der Waals surface area contributed by atoms with Crippen LogP contribution in [0.5, 0.6) is 0 Å². The van der Waals surface area contributed by atoms with Crippen molar-refractivity contribution < 1.29 is 23.2 Å². The number of hydrogen-bond acceptors (Lipinski definition) is 5. The molecular formula is C14H16N2O5. The summed E-state index contributed by atoms with van der Waals surface area (Å²) < 4.78 is 15.2. The third kappa shape index (κ3) is 4.50. The normalized spacial score (nSPS) is 10.3. The molecule has 2 aromatic rings. The van der Waals surface area contributed by atoms with Gasteiger partial charge in [0.15, 0.2) is 5.76 Å². The monoisotopic (exact) mass is 292 g/mol. The van der Waals surface area contributed by atoms with Crippen molar-refractivity contribution in [2.75, 3.05) is 13.7 Å². The van der Waals surface area contributed by atoms with Crippen LogP contribution in [-0.2, 0) is 22.7 Å². The molecule has 0 radical (unpaired) electrons. The molecular weight excluding hydrogens is 276 g/mol. The molecule has 21 heavy (non-hydrogen) atoms. The molecule has 7 nitrogen and oxygen atoms in total. The molecule has 2 rings (SSSR count). The molecule has 2 heterocycles. The van der Waals surface area contributed by atoms with Crippen LogP contribution in [0.4, 0.5) is 0 Å². The van der Waals surface area contributed by atoms with Gasteiger partial charge in [-0.25, -0.2) is 0 Å². The van der Waals surface area contributed by atoms with Crippen LogP contribution in [0, 0.1) is 0 Å². The number of furan rings is 2. The van der Waals surface area contributed by atoms with Gasteiger partial charge in [-0.2, -0.15) is 0 Å². The number of methoxy groups -OCH3 is 1. The van der Waals surface area contributed by atoms with Crippen molar-refractivity contribution in [2.45, 2.75) is 13.2 Å². The quantitative estimate of drug-likeness (QED) is 0.796. The maximum atomic E-state index is 11.8. The van der Waals surface area contributed by atoms with E-state index in [0.717, 1.165) is 0 Å². The predicted molar refractivity (Wildman–Crippen MR) is 72.3 cm³/mol. The molecule has 0 aromatic carbocycles. The van der Waals surface area contributed by atoms with Crippen LogP contribution >= 0.6 is 0 Å². The summed E-state index contributed by atoms with van der Waals surface area (Å²) in [5, 5.41) is 5.09. The maximum Gasteiger partial charge on any atom is 0.287 e. The Morgan fingerprint density at radius 3 is 2.76 bits per heavy atom. The Hall–Kier alpha value is -2.54. The van der Waals surface area contributed by atoms with Gasteiger partial charge in [0.25, 0.3) is 5.91 Å². The summed E-state index contributed by atoms with van der Waals surface area (Å²) in [6.45, 7) is 0.428. The predicted octanol–water partition coefficient (Wildman–Crippen LogP) is 1.07. The van der Waals surface area contributed by atoms with Crippen LogP contribution in [0.2, 0.25) is 0 Å². The molecule has 7 heteroatoms. The molecule has 2 aromatic heterocycles. The Bertz CT molecular complexity index is 588. The minimum absolute atomic E-state index is 0.139. The zero-order valence-electron chi connectivity index (χ0n) is 11.5. The van der Waals surface area contributed by atoms with Crippen LogP contribution < -0.4 is 10.6 Å². The number of amides is 2. The van der Waals surface area contributed by atoms with E-state index < -0.39 is 5.91 Å². The van der Waals surface area contributed by atoms with Crippen LogP contribution in [0.3, 0.4) is 0 Å². The molecule has 0 aliphatic rings. The smallest absolute Gasteiger partial charge is 0.287 e. The second-order valence-corrected chi connectivity index (χ2v) is 4.24. The molecule has 2 N–H and O–H groups in total. The Morgan fingerprint density at radius 2 is 2.05 bits per heavy atom. The SMILES string of the molecule is COCc1ccc(C(=O)NCC(=O)NCc2ccco2)o1. The van der Waals surface area contributed by atoms with E-state index >= 15 is 0 Å². The number of carbonyl (C=O) groups excluding carboxylic acids is 2. The summed E-state index contributed by atoms with van der Waals surface area (Å²) in [5.41, 5.74) is 0. The van der Waals surface area contributed by atoms with Crippen molar-refractivity contribution in [3.8, 4) is 0 Å². The molecule has 0 atom stereocenters. The van der Waals surface area contributed by atoms with Gasteiger partial charge in [-0.15, -0.1) is 0 Å². The van der Waals surface area contributed by atoms with Crippen molar-refractivity contribution in [3.63, 3.8) is 0 Å². The van der Waals surface area contributed by atoms with E-state index in [2.05, 4.69) is 10.6 Å². The highest BCUT2D eigenvalue weighted by molar-refractivity contribution is 5.94. The molecule has 0 spiro atoms. The van der Waals surface area contributed by atoms with Gasteiger partial charge in [-0.3, -0.25) is 9.59 Å². The lowest BCUT2D eigenvalue weighted by Crippen LogP contribution is -2.36. The van der Waals surface area contributed by atoms with E-state index in [0.29, 0.717) is 11.5 Å². The fourth-order valence-corrected chi connectivity index (χ4v) is 1.63. The van der Waals surface area contributed by atoms with E-state index in [9.17, 15) is 9.59 Å². The Kier molecular flexibility index (Phi) is 5.16.